The first-order valence-electron chi connectivity index (χ1n) is 7.64. The first-order valence-corrected chi connectivity index (χ1v) is 7.64. The zero-order valence-corrected chi connectivity index (χ0v) is 12.2. The summed E-state index contributed by atoms with van der Waals surface area (Å²) in [5, 5.41) is 6.28. The fraction of sp³-hybridized carbons (Fsp3) is 0.857. The standard InChI is InChI=1S/C14H24N4O2/c1-17-12(19)14(16-13(17)20)4-8-18(9-5-14)10-11-2-6-15-7-3-11/h11,15H,2-10H2,1H3,(H,16,20). The minimum atomic E-state index is -0.615. The van der Waals surface area contributed by atoms with Gasteiger partial charge < -0.3 is 15.5 Å². The van der Waals surface area contributed by atoms with Gasteiger partial charge in [-0.1, -0.05) is 0 Å². The zero-order valence-electron chi connectivity index (χ0n) is 12.2. The Morgan fingerprint density at radius 1 is 1.20 bits per heavy atom. The molecule has 0 saturated carbocycles. The molecule has 0 atom stereocenters. The van der Waals surface area contributed by atoms with Crippen LogP contribution in [0.1, 0.15) is 25.7 Å². The van der Waals surface area contributed by atoms with Gasteiger partial charge in [0.05, 0.1) is 0 Å². The third-order valence-electron chi connectivity index (χ3n) is 5.05. The number of likely N-dealkylation sites (N-methyl/N-ethyl adjacent to an activating group) is 1. The summed E-state index contributed by atoms with van der Waals surface area (Å²) in [6, 6.07) is -0.248. The smallest absolute Gasteiger partial charge is 0.323 e. The van der Waals surface area contributed by atoms with Crippen LogP contribution in [0.15, 0.2) is 0 Å². The van der Waals surface area contributed by atoms with Crippen molar-refractivity contribution in [3.63, 3.8) is 0 Å². The molecule has 20 heavy (non-hydrogen) atoms. The Hall–Kier alpha value is -1.14. The van der Waals surface area contributed by atoms with Crippen LogP contribution in [0.2, 0.25) is 0 Å². The third kappa shape index (κ3) is 2.42. The van der Waals surface area contributed by atoms with E-state index >= 15 is 0 Å². The van der Waals surface area contributed by atoms with Crippen LogP contribution in [0.25, 0.3) is 0 Å². The number of rotatable bonds is 2. The molecule has 0 unspecified atom stereocenters. The minimum absolute atomic E-state index is 0.0518. The summed E-state index contributed by atoms with van der Waals surface area (Å²) in [7, 11) is 1.56. The highest BCUT2D eigenvalue weighted by Crippen LogP contribution is 2.29. The number of hydrogen-bond donors (Lipinski definition) is 2. The molecular weight excluding hydrogens is 256 g/mol. The number of amides is 3. The van der Waals surface area contributed by atoms with Crippen molar-refractivity contribution in [2.75, 3.05) is 39.8 Å². The highest BCUT2D eigenvalue weighted by Gasteiger charge is 2.50. The SMILES string of the molecule is CN1C(=O)NC2(CCN(CC3CCNCC3)CC2)C1=O. The molecule has 3 heterocycles. The number of carbonyl (C=O) groups is 2. The summed E-state index contributed by atoms with van der Waals surface area (Å²) in [6.07, 6.45) is 3.99. The Labute approximate surface area is 119 Å². The van der Waals surface area contributed by atoms with Crippen molar-refractivity contribution in [3.8, 4) is 0 Å². The van der Waals surface area contributed by atoms with Crippen molar-refractivity contribution in [3.05, 3.63) is 0 Å². The third-order valence-corrected chi connectivity index (χ3v) is 5.05. The quantitative estimate of drug-likeness (QED) is 0.699. The molecule has 6 nitrogen and oxygen atoms in total. The van der Waals surface area contributed by atoms with E-state index in [1.807, 2.05) is 0 Å². The van der Waals surface area contributed by atoms with Crippen molar-refractivity contribution in [2.24, 2.45) is 5.92 Å². The second kappa shape index (κ2) is 5.33. The lowest BCUT2D eigenvalue weighted by molar-refractivity contribution is -0.132. The van der Waals surface area contributed by atoms with Crippen LogP contribution in [0.4, 0.5) is 4.79 Å². The molecule has 3 amide bonds. The Morgan fingerprint density at radius 3 is 2.40 bits per heavy atom. The number of imide groups is 1. The van der Waals surface area contributed by atoms with Gasteiger partial charge in [-0.3, -0.25) is 9.69 Å². The predicted molar refractivity (Wildman–Crippen MR) is 75.3 cm³/mol. The number of hydrogen-bond acceptors (Lipinski definition) is 4. The molecule has 1 spiro atoms. The molecule has 112 valence electrons. The van der Waals surface area contributed by atoms with E-state index in [2.05, 4.69) is 15.5 Å². The van der Waals surface area contributed by atoms with E-state index < -0.39 is 5.54 Å². The van der Waals surface area contributed by atoms with Crippen molar-refractivity contribution < 1.29 is 9.59 Å². The van der Waals surface area contributed by atoms with E-state index in [0.29, 0.717) is 0 Å². The molecular formula is C14H24N4O2. The molecule has 3 saturated heterocycles. The monoisotopic (exact) mass is 280 g/mol. The highest BCUT2D eigenvalue weighted by atomic mass is 16.2. The summed E-state index contributed by atoms with van der Waals surface area (Å²) in [4.78, 5) is 27.5. The van der Waals surface area contributed by atoms with Gasteiger partial charge in [0.1, 0.15) is 5.54 Å². The molecule has 0 aliphatic carbocycles. The first kappa shape index (κ1) is 13.8. The van der Waals surface area contributed by atoms with Crippen molar-refractivity contribution in [1.82, 2.24) is 20.4 Å². The zero-order chi connectivity index (χ0) is 14.2. The van der Waals surface area contributed by atoms with Gasteiger partial charge >= 0.3 is 6.03 Å². The molecule has 3 rings (SSSR count). The van der Waals surface area contributed by atoms with E-state index in [0.717, 1.165) is 51.5 Å². The van der Waals surface area contributed by atoms with Crippen LogP contribution in [-0.4, -0.2) is 67.0 Å². The van der Waals surface area contributed by atoms with Crippen molar-refractivity contribution >= 4 is 11.9 Å². The largest absolute Gasteiger partial charge is 0.324 e. The lowest BCUT2D eigenvalue weighted by Crippen LogP contribution is -2.55. The number of urea groups is 1. The Bertz CT molecular complexity index is 398. The van der Waals surface area contributed by atoms with Crippen LogP contribution in [0.5, 0.6) is 0 Å². The van der Waals surface area contributed by atoms with E-state index in [1.54, 1.807) is 7.05 Å². The van der Waals surface area contributed by atoms with Gasteiger partial charge in [-0.2, -0.15) is 0 Å². The minimum Gasteiger partial charge on any atom is -0.323 e. The molecule has 0 bridgehead atoms. The van der Waals surface area contributed by atoms with Gasteiger partial charge in [-0.15, -0.1) is 0 Å². The fourth-order valence-corrected chi connectivity index (χ4v) is 3.64. The van der Waals surface area contributed by atoms with Crippen LogP contribution in [-0.2, 0) is 4.79 Å². The van der Waals surface area contributed by atoms with Crippen molar-refractivity contribution in [2.45, 2.75) is 31.2 Å². The normalized spacial score (nSPS) is 28.1. The summed E-state index contributed by atoms with van der Waals surface area (Å²) in [5.41, 5.74) is -0.615. The maximum absolute atomic E-state index is 12.2. The van der Waals surface area contributed by atoms with Gasteiger partial charge in [-0.25, -0.2) is 4.79 Å². The number of nitrogens with one attached hydrogen (secondary N) is 2. The van der Waals surface area contributed by atoms with E-state index in [9.17, 15) is 9.59 Å². The van der Waals surface area contributed by atoms with Crippen LogP contribution < -0.4 is 10.6 Å². The number of piperidine rings is 2. The van der Waals surface area contributed by atoms with Crippen LogP contribution >= 0.6 is 0 Å². The van der Waals surface area contributed by atoms with Crippen LogP contribution in [0, 0.1) is 5.92 Å². The Balaban J connectivity index is 1.54. The van der Waals surface area contributed by atoms with Gasteiger partial charge in [0, 0.05) is 26.7 Å². The Kier molecular flexibility index (Phi) is 3.69. The van der Waals surface area contributed by atoms with Gasteiger partial charge in [-0.05, 0) is 44.7 Å². The van der Waals surface area contributed by atoms with Gasteiger partial charge in [0.15, 0.2) is 0 Å². The molecule has 0 aromatic carbocycles. The summed E-state index contributed by atoms with van der Waals surface area (Å²) in [6.45, 7) is 5.20. The Morgan fingerprint density at radius 2 is 1.85 bits per heavy atom. The average molecular weight is 280 g/mol. The maximum Gasteiger partial charge on any atom is 0.324 e. The molecule has 0 aromatic rings. The van der Waals surface area contributed by atoms with E-state index in [1.165, 1.54) is 17.7 Å². The molecule has 2 N–H and O–H groups in total. The maximum atomic E-state index is 12.2. The van der Waals surface area contributed by atoms with Gasteiger partial charge in [0.2, 0.25) is 0 Å². The lowest BCUT2D eigenvalue weighted by atomic mass is 9.86. The second-order valence-electron chi connectivity index (χ2n) is 6.37. The summed E-state index contributed by atoms with van der Waals surface area (Å²) in [5.74, 6) is 0.728. The molecule has 0 radical (unpaired) electrons. The van der Waals surface area contributed by atoms with E-state index in [-0.39, 0.29) is 11.9 Å². The molecule has 3 aliphatic heterocycles. The summed E-state index contributed by atoms with van der Waals surface area (Å²) >= 11 is 0. The number of carbonyl (C=O) groups excluding carboxylic acids is 2. The molecule has 3 aliphatic rings. The number of nitrogens with zero attached hydrogens (tertiary/aromatic N) is 2. The van der Waals surface area contributed by atoms with Crippen LogP contribution in [0.3, 0.4) is 0 Å². The fourth-order valence-electron chi connectivity index (χ4n) is 3.64. The first-order chi connectivity index (χ1) is 9.61. The molecule has 0 aromatic heterocycles. The molecule has 6 heteroatoms. The summed E-state index contributed by atoms with van der Waals surface area (Å²) < 4.78 is 0. The second-order valence-corrected chi connectivity index (χ2v) is 6.37. The number of likely N-dealkylation sites (tertiary alicyclic amines) is 1. The average Bonchev–Trinajstić information content (AvgIpc) is 2.68. The van der Waals surface area contributed by atoms with Crippen molar-refractivity contribution in [1.29, 1.82) is 0 Å². The predicted octanol–water partition coefficient (Wildman–Crippen LogP) is 0.00220. The lowest BCUT2D eigenvalue weighted by Gasteiger charge is -2.39. The topological polar surface area (TPSA) is 64.7 Å². The van der Waals surface area contributed by atoms with Gasteiger partial charge in [0.25, 0.3) is 5.91 Å². The highest BCUT2D eigenvalue weighted by molar-refractivity contribution is 6.06. The van der Waals surface area contributed by atoms with E-state index in [4.69, 9.17) is 0 Å². The molecule has 3 fully saturated rings.